The first kappa shape index (κ1) is 8.58. The van der Waals surface area contributed by atoms with E-state index in [-0.39, 0.29) is 0 Å². The van der Waals surface area contributed by atoms with Gasteiger partial charge in [0.15, 0.2) is 0 Å². The fourth-order valence-electron chi connectivity index (χ4n) is 0.810. The highest BCUT2D eigenvalue weighted by molar-refractivity contribution is 5.66. The van der Waals surface area contributed by atoms with Crippen LogP contribution >= 0.6 is 0 Å². The second-order valence-electron chi connectivity index (χ2n) is 2.29. The number of hydrogen-bond donors (Lipinski definition) is 1. The van der Waals surface area contributed by atoms with Crippen LogP contribution in [-0.2, 0) is 18.3 Å². The van der Waals surface area contributed by atoms with E-state index in [9.17, 15) is 4.79 Å². The molecule has 0 bridgehead atoms. The van der Waals surface area contributed by atoms with Gasteiger partial charge >= 0.3 is 6.09 Å². The molecule has 0 spiro atoms. The van der Waals surface area contributed by atoms with Gasteiger partial charge in [-0.25, -0.2) is 4.79 Å². The van der Waals surface area contributed by atoms with Gasteiger partial charge in [0.05, 0.1) is 19.3 Å². The Morgan fingerprint density at radius 3 is 3.08 bits per heavy atom. The maximum absolute atomic E-state index is 10.7. The summed E-state index contributed by atoms with van der Waals surface area (Å²) in [5.74, 6) is 0. The highest BCUT2D eigenvalue weighted by Gasteiger charge is 2.00. The fourth-order valence-corrected chi connectivity index (χ4v) is 0.810. The van der Waals surface area contributed by atoms with Gasteiger partial charge in [-0.05, 0) is 6.07 Å². The number of carbonyl (C=O) groups excluding carboxylic acids is 1. The predicted molar refractivity (Wildman–Crippen MR) is 42.5 cm³/mol. The Hall–Kier alpha value is -1.52. The van der Waals surface area contributed by atoms with Crippen LogP contribution < -0.4 is 5.32 Å². The van der Waals surface area contributed by atoms with Crippen LogP contribution in [0.25, 0.3) is 0 Å². The van der Waals surface area contributed by atoms with Crippen LogP contribution in [0.15, 0.2) is 12.3 Å². The molecule has 0 atom stereocenters. The number of methoxy groups -OCH3 is 1. The lowest BCUT2D eigenvalue weighted by Gasteiger charge is -2.02. The van der Waals surface area contributed by atoms with Crippen LogP contribution in [0, 0.1) is 0 Å². The van der Waals surface area contributed by atoms with Crippen LogP contribution in [0.2, 0.25) is 0 Å². The largest absolute Gasteiger partial charge is 0.453 e. The lowest BCUT2D eigenvalue weighted by atomic mass is 10.4. The van der Waals surface area contributed by atoms with Crippen LogP contribution in [0.5, 0.6) is 0 Å². The first-order chi connectivity index (χ1) is 5.74. The summed E-state index contributed by atoms with van der Waals surface area (Å²) in [4.78, 5) is 10.7. The Morgan fingerprint density at radius 2 is 2.58 bits per heavy atom. The van der Waals surface area contributed by atoms with E-state index in [4.69, 9.17) is 0 Å². The minimum atomic E-state index is -0.434. The maximum Gasteiger partial charge on any atom is 0.407 e. The number of aryl methyl sites for hydroxylation is 1. The van der Waals surface area contributed by atoms with Crippen molar-refractivity contribution in [1.29, 1.82) is 0 Å². The molecule has 0 radical (unpaired) electrons. The van der Waals surface area contributed by atoms with Gasteiger partial charge in [0.25, 0.3) is 0 Å². The van der Waals surface area contributed by atoms with Gasteiger partial charge in [-0.2, -0.15) is 5.10 Å². The number of carbonyl (C=O) groups is 1. The number of nitrogens with zero attached hydrogens (tertiary/aromatic N) is 2. The third kappa shape index (κ3) is 1.98. The lowest BCUT2D eigenvalue weighted by molar-refractivity contribution is 0.170. The topological polar surface area (TPSA) is 56.1 Å². The molecule has 0 saturated carbocycles. The second kappa shape index (κ2) is 3.75. The summed E-state index contributed by atoms with van der Waals surface area (Å²) in [5.41, 5.74) is 0.931. The molecule has 1 aromatic rings. The SMILES string of the molecule is COC(=O)NCc1ccnn1C. The molecule has 1 aromatic heterocycles. The number of amides is 1. The zero-order valence-corrected chi connectivity index (χ0v) is 7.07. The molecule has 0 aromatic carbocycles. The molecule has 66 valence electrons. The zero-order chi connectivity index (χ0) is 8.97. The highest BCUT2D eigenvalue weighted by Crippen LogP contribution is 1.94. The number of hydrogen-bond acceptors (Lipinski definition) is 3. The number of rotatable bonds is 2. The molecular formula is C7H11N3O2. The molecule has 0 fully saturated rings. The minimum absolute atomic E-state index is 0.434. The van der Waals surface area contributed by atoms with E-state index in [1.54, 1.807) is 10.9 Å². The quantitative estimate of drug-likeness (QED) is 0.691. The molecular weight excluding hydrogens is 158 g/mol. The molecule has 5 heteroatoms. The third-order valence-corrected chi connectivity index (χ3v) is 1.52. The van der Waals surface area contributed by atoms with E-state index >= 15 is 0 Å². The molecule has 0 saturated heterocycles. The Balaban J connectivity index is 2.43. The molecule has 1 amide bonds. The normalized spacial score (nSPS) is 9.50. The molecule has 1 heterocycles. The van der Waals surface area contributed by atoms with E-state index in [1.807, 2.05) is 13.1 Å². The van der Waals surface area contributed by atoms with Crippen molar-refractivity contribution in [3.8, 4) is 0 Å². The van der Waals surface area contributed by atoms with Gasteiger partial charge in [-0.3, -0.25) is 4.68 Å². The Bertz CT molecular complexity index is 269. The summed E-state index contributed by atoms with van der Waals surface area (Å²) in [6, 6.07) is 1.83. The zero-order valence-electron chi connectivity index (χ0n) is 7.07. The van der Waals surface area contributed by atoms with Crippen molar-refractivity contribution in [3.63, 3.8) is 0 Å². The van der Waals surface area contributed by atoms with Gasteiger partial charge in [0.2, 0.25) is 0 Å². The molecule has 5 nitrogen and oxygen atoms in total. The van der Waals surface area contributed by atoms with Crippen molar-refractivity contribution in [2.75, 3.05) is 7.11 Å². The molecule has 1 N–H and O–H groups in total. The van der Waals surface area contributed by atoms with Crippen LogP contribution in [0.4, 0.5) is 4.79 Å². The first-order valence-corrected chi connectivity index (χ1v) is 3.52. The van der Waals surface area contributed by atoms with E-state index in [0.717, 1.165) is 5.69 Å². The van der Waals surface area contributed by atoms with Crippen molar-refractivity contribution in [2.45, 2.75) is 6.54 Å². The van der Waals surface area contributed by atoms with Crippen molar-refractivity contribution >= 4 is 6.09 Å². The number of ether oxygens (including phenoxy) is 1. The van der Waals surface area contributed by atoms with E-state index in [0.29, 0.717) is 6.54 Å². The van der Waals surface area contributed by atoms with Gasteiger partial charge in [0.1, 0.15) is 0 Å². The maximum atomic E-state index is 10.7. The molecule has 0 unspecified atom stereocenters. The second-order valence-corrected chi connectivity index (χ2v) is 2.29. The molecule has 0 aliphatic heterocycles. The van der Waals surface area contributed by atoms with E-state index < -0.39 is 6.09 Å². The number of alkyl carbamates (subject to hydrolysis) is 1. The van der Waals surface area contributed by atoms with Crippen molar-refractivity contribution in [2.24, 2.45) is 7.05 Å². The third-order valence-electron chi connectivity index (χ3n) is 1.52. The minimum Gasteiger partial charge on any atom is -0.453 e. The van der Waals surface area contributed by atoms with Gasteiger partial charge < -0.3 is 10.1 Å². The van der Waals surface area contributed by atoms with E-state index in [1.165, 1.54) is 7.11 Å². The van der Waals surface area contributed by atoms with Crippen LogP contribution in [0.1, 0.15) is 5.69 Å². The Labute approximate surface area is 70.3 Å². The average Bonchev–Trinajstić information content (AvgIpc) is 2.47. The number of aromatic nitrogens is 2. The lowest BCUT2D eigenvalue weighted by Crippen LogP contribution is -2.23. The summed E-state index contributed by atoms with van der Waals surface area (Å²) < 4.78 is 6.10. The van der Waals surface area contributed by atoms with Gasteiger partial charge in [-0.15, -0.1) is 0 Å². The Kier molecular flexibility index (Phi) is 2.68. The van der Waals surface area contributed by atoms with Gasteiger partial charge in [-0.1, -0.05) is 0 Å². The van der Waals surface area contributed by atoms with Crippen molar-refractivity contribution < 1.29 is 9.53 Å². The summed E-state index contributed by atoms with van der Waals surface area (Å²) >= 11 is 0. The van der Waals surface area contributed by atoms with Gasteiger partial charge in [0, 0.05) is 13.2 Å². The predicted octanol–water partition coefficient (Wildman–Crippen LogP) is 0.276. The number of nitrogens with one attached hydrogen (secondary N) is 1. The smallest absolute Gasteiger partial charge is 0.407 e. The van der Waals surface area contributed by atoms with Crippen molar-refractivity contribution in [3.05, 3.63) is 18.0 Å². The summed E-state index contributed by atoms with van der Waals surface area (Å²) in [7, 11) is 3.15. The van der Waals surface area contributed by atoms with Crippen molar-refractivity contribution in [1.82, 2.24) is 15.1 Å². The molecule has 0 aliphatic rings. The molecule has 12 heavy (non-hydrogen) atoms. The summed E-state index contributed by atoms with van der Waals surface area (Å²) in [6.45, 7) is 0.434. The monoisotopic (exact) mass is 169 g/mol. The first-order valence-electron chi connectivity index (χ1n) is 3.52. The van der Waals surface area contributed by atoms with Crippen LogP contribution in [-0.4, -0.2) is 23.0 Å². The molecule has 0 aliphatic carbocycles. The highest BCUT2D eigenvalue weighted by atomic mass is 16.5. The average molecular weight is 169 g/mol. The standard InChI is InChI=1S/C7H11N3O2/c1-10-6(3-4-9-10)5-8-7(11)12-2/h3-4H,5H2,1-2H3,(H,8,11). The van der Waals surface area contributed by atoms with E-state index in [2.05, 4.69) is 15.2 Å². The summed E-state index contributed by atoms with van der Waals surface area (Å²) in [5, 5.41) is 6.50. The van der Waals surface area contributed by atoms with Crippen LogP contribution in [0.3, 0.4) is 0 Å². The fraction of sp³-hybridized carbons (Fsp3) is 0.429. The Morgan fingerprint density at radius 1 is 1.83 bits per heavy atom. The molecule has 1 rings (SSSR count). The summed E-state index contributed by atoms with van der Waals surface area (Å²) in [6.07, 6.45) is 1.24.